The minimum absolute atomic E-state index is 0.141. The predicted octanol–water partition coefficient (Wildman–Crippen LogP) is 2.69. The van der Waals surface area contributed by atoms with Crippen molar-refractivity contribution in [3.05, 3.63) is 59.0 Å². The Kier molecular flexibility index (Phi) is 5.04. The van der Waals surface area contributed by atoms with Gasteiger partial charge in [-0.3, -0.25) is 9.48 Å². The highest BCUT2D eigenvalue weighted by atomic mass is 35.5. The Morgan fingerprint density at radius 2 is 1.92 bits per heavy atom. The summed E-state index contributed by atoms with van der Waals surface area (Å²) in [6, 6.07) is 9.10. The van der Waals surface area contributed by atoms with Gasteiger partial charge in [0, 0.05) is 7.05 Å². The van der Waals surface area contributed by atoms with Crippen LogP contribution in [0.15, 0.2) is 42.7 Å². The third kappa shape index (κ3) is 3.31. The van der Waals surface area contributed by atoms with E-state index in [0.717, 1.165) is 0 Å². The second-order valence-electron chi connectivity index (χ2n) is 5.29. The lowest BCUT2D eigenvalue weighted by atomic mass is 10.3. The molecule has 0 unspecified atom stereocenters. The van der Waals surface area contributed by atoms with Gasteiger partial charge in [-0.15, -0.1) is 0 Å². The van der Waals surface area contributed by atoms with Crippen LogP contribution in [0, 0.1) is 0 Å². The molecule has 2 aromatic heterocycles. The van der Waals surface area contributed by atoms with Gasteiger partial charge in [-0.05, 0) is 19.1 Å². The molecule has 0 aliphatic heterocycles. The van der Waals surface area contributed by atoms with E-state index >= 15 is 0 Å². The summed E-state index contributed by atoms with van der Waals surface area (Å²) in [7, 11) is 1.60. The SMILES string of the molecule is CCOC(=O)c1cnn(-c2ccccc2)c1NC(=O)c1c(Cl)cnn1C. The molecule has 2 heterocycles. The van der Waals surface area contributed by atoms with Crippen LogP contribution in [0.3, 0.4) is 0 Å². The molecule has 134 valence electrons. The average molecular weight is 374 g/mol. The summed E-state index contributed by atoms with van der Waals surface area (Å²) in [4.78, 5) is 24.9. The number of hydrogen-bond acceptors (Lipinski definition) is 5. The Morgan fingerprint density at radius 3 is 2.54 bits per heavy atom. The summed E-state index contributed by atoms with van der Waals surface area (Å²) < 4.78 is 7.86. The molecule has 0 spiro atoms. The van der Waals surface area contributed by atoms with Gasteiger partial charge in [0.25, 0.3) is 5.91 Å². The molecule has 0 atom stereocenters. The lowest BCUT2D eigenvalue weighted by molar-refractivity contribution is 0.0527. The molecule has 0 fully saturated rings. The summed E-state index contributed by atoms with van der Waals surface area (Å²) in [6.07, 6.45) is 2.72. The summed E-state index contributed by atoms with van der Waals surface area (Å²) in [5, 5.41) is 11.1. The van der Waals surface area contributed by atoms with Crippen molar-refractivity contribution in [2.75, 3.05) is 11.9 Å². The number of ether oxygens (including phenoxy) is 1. The number of halogens is 1. The number of nitrogens with one attached hydrogen (secondary N) is 1. The van der Waals surface area contributed by atoms with Crippen molar-refractivity contribution in [1.82, 2.24) is 19.6 Å². The van der Waals surface area contributed by atoms with Crippen molar-refractivity contribution in [3.63, 3.8) is 0 Å². The topological polar surface area (TPSA) is 91.0 Å². The van der Waals surface area contributed by atoms with Gasteiger partial charge in [0.2, 0.25) is 0 Å². The highest BCUT2D eigenvalue weighted by molar-refractivity contribution is 6.34. The number of nitrogens with zero attached hydrogens (tertiary/aromatic N) is 4. The third-order valence-corrected chi connectivity index (χ3v) is 3.88. The fourth-order valence-electron chi connectivity index (χ4n) is 2.42. The number of hydrogen-bond donors (Lipinski definition) is 1. The van der Waals surface area contributed by atoms with Crippen molar-refractivity contribution in [1.29, 1.82) is 0 Å². The van der Waals surface area contributed by atoms with Crippen LogP contribution in [-0.2, 0) is 11.8 Å². The molecule has 0 saturated carbocycles. The standard InChI is InChI=1S/C17H16ClN5O3/c1-3-26-17(25)12-9-20-23(11-7-5-4-6-8-11)15(12)21-16(24)14-13(18)10-19-22(14)2/h4-10H,3H2,1-2H3,(H,21,24). The van der Waals surface area contributed by atoms with Gasteiger partial charge in [0.1, 0.15) is 11.3 Å². The van der Waals surface area contributed by atoms with Gasteiger partial charge in [-0.2, -0.15) is 10.2 Å². The van der Waals surface area contributed by atoms with Gasteiger partial charge in [0.05, 0.1) is 29.7 Å². The van der Waals surface area contributed by atoms with Gasteiger partial charge in [0.15, 0.2) is 5.82 Å². The van der Waals surface area contributed by atoms with E-state index in [1.165, 1.54) is 21.8 Å². The fourth-order valence-corrected chi connectivity index (χ4v) is 2.68. The Bertz CT molecular complexity index is 929. The molecule has 0 aliphatic carbocycles. The van der Waals surface area contributed by atoms with Crippen molar-refractivity contribution >= 4 is 29.3 Å². The molecule has 1 N–H and O–H groups in total. The van der Waals surface area contributed by atoms with Gasteiger partial charge in [-0.25, -0.2) is 9.48 Å². The number of anilines is 1. The molecular weight excluding hydrogens is 358 g/mol. The van der Waals surface area contributed by atoms with Gasteiger partial charge >= 0.3 is 5.97 Å². The van der Waals surface area contributed by atoms with Crippen LogP contribution in [0.4, 0.5) is 5.82 Å². The summed E-state index contributed by atoms with van der Waals surface area (Å²) in [5.41, 5.74) is 0.985. The van der Waals surface area contributed by atoms with Crippen molar-refractivity contribution in [3.8, 4) is 5.69 Å². The zero-order chi connectivity index (χ0) is 18.7. The van der Waals surface area contributed by atoms with E-state index in [0.29, 0.717) is 5.69 Å². The molecule has 3 rings (SSSR count). The van der Waals surface area contributed by atoms with E-state index in [1.54, 1.807) is 26.1 Å². The van der Waals surface area contributed by atoms with Crippen molar-refractivity contribution in [2.45, 2.75) is 6.92 Å². The van der Waals surface area contributed by atoms with Crippen LogP contribution >= 0.6 is 11.6 Å². The summed E-state index contributed by atoms with van der Waals surface area (Å²) in [5.74, 6) is -0.906. The first-order valence-corrected chi connectivity index (χ1v) is 8.20. The predicted molar refractivity (Wildman–Crippen MR) is 95.7 cm³/mol. The van der Waals surface area contributed by atoms with E-state index in [2.05, 4.69) is 15.5 Å². The maximum atomic E-state index is 12.7. The quantitative estimate of drug-likeness (QED) is 0.694. The molecule has 0 saturated heterocycles. The lowest BCUT2D eigenvalue weighted by Crippen LogP contribution is -2.20. The van der Waals surface area contributed by atoms with E-state index in [9.17, 15) is 9.59 Å². The fraction of sp³-hybridized carbons (Fsp3) is 0.176. The number of carbonyl (C=O) groups is 2. The number of aryl methyl sites for hydroxylation is 1. The monoisotopic (exact) mass is 373 g/mol. The molecule has 0 aliphatic rings. The third-order valence-electron chi connectivity index (χ3n) is 3.61. The molecule has 0 bridgehead atoms. The Hall–Kier alpha value is -3.13. The van der Waals surface area contributed by atoms with Gasteiger partial charge < -0.3 is 10.1 Å². The van der Waals surface area contributed by atoms with Crippen LogP contribution in [0.5, 0.6) is 0 Å². The van der Waals surface area contributed by atoms with E-state index < -0.39 is 11.9 Å². The minimum atomic E-state index is -0.582. The number of amides is 1. The highest BCUT2D eigenvalue weighted by Crippen LogP contribution is 2.23. The maximum Gasteiger partial charge on any atom is 0.343 e. The molecule has 1 aromatic carbocycles. The Labute approximate surface area is 154 Å². The van der Waals surface area contributed by atoms with Gasteiger partial charge in [-0.1, -0.05) is 29.8 Å². The Morgan fingerprint density at radius 1 is 1.19 bits per heavy atom. The van der Waals surface area contributed by atoms with Crippen LogP contribution < -0.4 is 5.32 Å². The van der Waals surface area contributed by atoms with Crippen LogP contribution in [0.25, 0.3) is 5.69 Å². The Balaban J connectivity index is 2.04. The van der Waals surface area contributed by atoms with Crippen LogP contribution in [0.1, 0.15) is 27.8 Å². The number of carbonyl (C=O) groups excluding carboxylic acids is 2. The zero-order valence-corrected chi connectivity index (χ0v) is 14.9. The zero-order valence-electron chi connectivity index (χ0n) is 14.1. The molecule has 9 heteroatoms. The van der Waals surface area contributed by atoms with Crippen molar-refractivity contribution in [2.24, 2.45) is 7.05 Å². The van der Waals surface area contributed by atoms with E-state index in [-0.39, 0.29) is 28.7 Å². The lowest BCUT2D eigenvalue weighted by Gasteiger charge is -2.11. The first kappa shape index (κ1) is 17.7. The molecular formula is C17H16ClN5O3. The van der Waals surface area contributed by atoms with Crippen LogP contribution in [0.2, 0.25) is 5.02 Å². The first-order valence-electron chi connectivity index (χ1n) is 7.82. The summed E-state index contributed by atoms with van der Waals surface area (Å²) in [6.45, 7) is 1.91. The number of aromatic nitrogens is 4. The van der Waals surface area contributed by atoms with Crippen LogP contribution in [-0.4, -0.2) is 38.0 Å². The second kappa shape index (κ2) is 7.40. The number of benzene rings is 1. The highest BCUT2D eigenvalue weighted by Gasteiger charge is 2.24. The van der Waals surface area contributed by atoms with E-state index in [1.807, 2.05) is 18.2 Å². The molecule has 0 radical (unpaired) electrons. The van der Waals surface area contributed by atoms with E-state index in [4.69, 9.17) is 16.3 Å². The second-order valence-corrected chi connectivity index (χ2v) is 5.70. The molecule has 1 amide bonds. The maximum absolute atomic E-state index is 12.7. The summed E-state index contributed by atoms with van der Waals surface area (Å²) >= 11 is 6.03. The molecule has 3 aromatic rings. The number of para-hydroxylation sites is 1. The average Bonchev–Trinajstić information content (AvgIpc) is 3.19. The minimum Gasteiger partial charge on any atom is -0.462 e. The first-order chi connectivity index (χ1) is 12.5. The number of esters is 1. The van der Waals surface area contributed by atoms with Crippen molar-refractivity contribution < 1.29 is 14.3 Å². The smallest absolute Gasteiger partial charge is 0.343 e. The normalized spacial score (nSPS) is 10.6. The number of rotatable bonds is 5. The molecule has 26 heavy (non-hydrogen) atoms. The molecule has 8 nitrogen and oxygen atoms in total. The largest absolute Gasteiger partial charge is 0.462 e.